The summed E-state index contributed by atoms with van der Waals surface area (Å²) in [6.07, 6.45) is 5.23. The lowest BCUT2D eigenvalue weighted by atomic mass is 9.75. The van der Waals surface area contributed by atoms with Crippen LogP contribution in [-0.4, -0.2) is 77.4 Å². The first kappa shape index (κ1) is 21.4. The molecule has 2 fully saturated rings. The van der Waals surface area contributed by atoms with Crippen molar-refractivity contribution in [3.63, 3.8) is 0 Å². The van der Waals surface area contributed by atoms with Crippen LogP contribution < -0.4 is 5.73 Å². The number of hydrogen-bond donors (Lipinski definition) is 3. The van der Waals surface area contributed by atoms with Gasteiger partial charge in [-0.1, -0.05) is 0 Å². The molecule has 0 unspecified atom stereocenters. The average molecular weight is 432 g/mol. The topological polar surface area (TPSA) is 157 Å². The Bertz CT molecular complexity index is 982. The van der Waals surface area contributed by atoms with E-state index in [2.05, 4.69) is 15.0 Å². The van der Waals surface area contributed by atoms with E-state index < -0.39 is 17.2 Å². The third kappa shape index (κ3) is 4.19. The number of carboxylic acid groups (broad SMARTS) is 1. The number of ether oxygens (including phenoxy) is 1. The van der Waals surface area contributed by atoms with E-state index in [0.29, 0.717) is 49.9 Å². The quantitative estimate of drug-likeness (QED) is 0.620. The number of carbonyl (C=O) groups is 2. The molecule has 31 heavy (non-hydrogen) atoms. The van der Waals surface area contributed by atoms with E-state index >= 15 is 0 Å². The fourth-order valence-electron chi connectivity index (χ4n) is 4.77. The van der Waals surface area contributed by atoms with E-state index in [1.807, 2.05) is 0 Å². The Morgan fingerprint density at radius 1 is 1.26 bits per heavy atom. The summed E-state index contributed by atoms with van der Waals surface area (Å²) in [5.41, 5.74) is 5.36. The predicted octanol–water partition coefficient (Wildman–Crippen LogP) is 0.737. The number of piperidine rings is 1. The average Bonchev–Trinajstić information content (AvgIpc) is 3.12. The minimum Gasteiger partial charge on any atom is -0.481 e. The molecule has 2 aliphatic heterocycles. The highest BCUT2D eigenvalue weighted by Crippen LogP contribution is 2.44. The standard InChI is InChI=1S/C20H28N6O5/c1-19(30)10-20(5-7-25(8-6-20)14(27)3-2-4-15(28)29)31-9-13(19)26-12-24-16-17(21)22-11-23-18(16)26/h11-13,30H,2-10H2,1H3,(H,28,29)(H2,21,22,23)/t13-,19-/m0/s1. The van der Waals surface area contributed by atoms with Crippen LogP contribution in [-0.2, 0) is 14.3 Å². The fraction of sp³-hybridized carbons (Fsp3) is 0.650. The van der Waals surface area contributed by atoms with Crippen LogP contribution in [0.1, 0.15) is 51.5 Å². The Labute approximate surface area is 179 Å². The molecule has 2 atom stereocenters. The molecule has 1 spiro atoms. The normalized spacial score (nSPS) is 25.7. The number of fused-ring (bicyclic) bond motifs is 1. The molecule has 0 radical (unpaired) electrons. The van der Waals surface area contributed by atoms with Gasteiger partial charge in [-0.3, -0.25) is 9.59 Å². The summed E-state index contributed by atoms with van der Waals surface area (Å²) in [6.45, 7) is 3.14. The molecule has 1 amide bonds. The number of carboxylic acids is 1. The second kappa shape index (κ2) is 8.04. The van der Waals surface area contributed by atoms with Crippen molar-refractivity contribution in [3.05, 3.63) is 12.7 Å². The van der Waals surface area contributed by atoms with Gasteiger partial charge in [0, 0.05) is 32.4 Å². The molecule has 4 heterocycles. The van der Waals surface area contributed by atoms with Crippen molar-refractivity contribution in [3.8, 4) is 0 Å². The number of carbonyl (C=O) groups excluding carboxylic acids is 1. The summed E-state index contributed by atoms with van der Waals surface area (Å²) in [6, 6.07) is -0.381. The maximum Gasteiger partial charge on any atom is 0.303 e. The second-order valence-corrected chi connectivity index (χ2v) is 8.75. The van der Waals surface area contributed by atoms with Crippen LogP contribution in [0.2, 0.25) is 0 Å². The third-order valence-corrected chi connectivity index (χ3v) is 6.48. The summed E-state index contributed by atoms with van der Waals surface area (Å²) < 4.78 is 8.09. The molecule has 11 heteroatoms. The second-order valence-electron chi connectivity index (χ2n) is 8.75. The molecule has 0 bridgehead atoms. The van der Waals surface area contributed by atoms with E-state index in [0.717, 1.165) is 0 Å². The number of anilines is 1. The van der Waals surface area contributed by atoms with Gasteiger partial charge in [0.2, 0.25) is 5.91 Å². The molecule has 2 aliphatic rings. The molecular weight excluding hydrogens is 404 g/mol. The van der Waals surface area contributed by atoms with Crippen molar-refractivity contribution < 1.29 is 24.5 Å². The van der Waals surface area contributed by atoms with Gasteiger partial charge in [0.1, 0.15) is 11.8 Å². The third-order valence-electron chi connectivity index (χ3n) is 6.48. The lowest BCUT2D eigenvalue weighted by Gasteiger charge is -2.51. The van der Waals surface area contributed by atoms with E-state index in [1.165, 1.54) is 6.33 Å². The minimum atomic E-state index is -1.07. The van der Waals surface area contributed by atoms with E-state index in [-0.39, 0.29) is 37.2 Å². The number of amides is 1. The molecular formula is C20H28N6O5. The molecule has 0 aliphatic carbocycles. The van der Waals surface area contributed by atoms with E-state index in [9.17, 15) is 14.7 Å². The molecule has 2 aromatic rings. The van der Waals surface area contributed by atoms with Gasteiger partial charge in [0.25, 0.3) is 0 Å². The SMILES string of the molecule is C[C@]1(O)CC2(CCN(C(=O)CCCC(=O)O)CC2)OC[C@@H]1n1cnc2c(N)ncnc21. The van der Waals surface area contributed by atoms with Gasteiger partial charge in [0.05, 0.1) is 30.2 Å². The lowest BCUT2D eigenvalue weighted by Crippen LogP contribution is -2.57. The van der Waals surface area contributed by atoms with Crippen LogP contribution in [0.4, 0.5) is 5.82 Å². The molecule has 0 aromatic carbocycles. The maximum atomic E-state index is 12.3. The van der Waals surface area contributed by atoms with Gasteiger partial charge in [-0.2, -0.15) is 0 Å². The number of aromatic nitrogens is 4. The summed E-state index contributed by atoms with van der Waals surface area (Å²) in [5.74, 6) is -0.631. The zero-order chi connectivity index (χ0) is 22.2. The molecule has 168 valence electrons. The molecule has 2 aromatic heterocycles. The summed E-state index contributed by atoms with van der Waals surface area (Å²) in [7, 11) is 0. The van der Waals surface area contributed by atoms with Gasteiger partial charge in [-0.05, 0) is 26.2 Å². The van der Waals surface area contributed by atoms with Crippen LogP contribution in [0.5, 0.6) is 0 Å². The Morgan fingerprint density at radius 3 is 2.68 bits per heavy atom. The van der Waals surface area contributed by atoms with Crippen molar-refractivity contribution in [2.75, 3.05) is 25.4 Å². The summed E-state index contributed by atoms with van der Waals surface area (Å²) in [5, 5.41) is 20.1. The van der Waals surface area contributed by atoms with E-state index in [4.69, 9.17) is 15.6 Å². The van der Waals surface area contributed by atoms with Gasteiger partial charge >= 0.3 is 5.97 Å². The van der Waals surface area contributed by atoms with Gasteiger partial charge in [-0.25, -0.2) is 15.0 Å². The number of nitrogens with two attached hydrogens (primary N) is 1. The van der Waals surface area contributed by atoms with Crippen LogP contribution in [0, 0.1) is 0 Å². The molecule has 4 rings (SSSR count). The zero-order valence-corrected chi connectivity index (χ0v) is 17.5. The predicted molar refractivity (Wildman–Crippen MR) is 110 cm³/mol. The number of aliphatic carboxylic acids is 1. The monoisotopic (exact) mass is 432 g/mol. The molecule has 4 N–H and O–H groups in total. The van der Waals surface area contributed by atoms with E-state index in [1.54, 1.807) is 22.7 Å². The summed E-state index contributed by atoms with van der Waals surface area (Å²) in [4.78, 5) is 37.3. The molecule has 2 saturated heterocycles. The van der Waals surface area contributed by atoms with Gasteiger partial charge in [-0.15, -0.1) is 0 Å². The highest BCUT2D eigenvalue weighted by molar-refractivity contribution is 5.81. The summed E-state index contributed by atoms with van der Waals surface area (Å²) >= 11 is 0. The maximum absolute atomic E-state index is 12.3. The van der Waals surface area contributed by atoms with Crippen molar-refractivity contribution >= 4 is 28.9 Å². The number of nitrogen functional groups attached to an aromatic ring is 1. The Balaban J connectivity index is 1.41. The number of hydrogen-bond acceptors (Lipinski definition) is 8. The smallest absolute Gasteiger partial charge is 0.303 e. The number of rotatable bonds is 5. The zero-order valence-electron chi connectivity index (χ0n) is 17.5. The van der Waals surface area contributed by atoms with Crippen molar-refractivity contribution in [2.24, 2.45) is 0 Å². The first-order valence-corrected chi connectivity index (χ1v) is 10.5. The fourth-order valence-corrected chi connectivity index (χ4v) is 4.77. The van der Waals surface area contributed by atoms with Crippen LogP contribution in [0.15, 0.2) is 12.7 Å². The van der Waals surface area contributed by atoms with Crippen molar-refractivity contribution in [1.29, 1.82) is 0 Å². The van der Waals surface area contributed by atoms with Crippen molar-refractivity contribution in [2.45, 2.75) is 62.7 Å². The van der Waals surface area contributed by atoms with Crippen LogP contribution in [0.3, 0.4) is 0 Å². The number of imidazole rings is 1. The largest absolute Gasteiger partial charge is 0.481 e. The van der Waals surface area contributed by atoms with Crippen LogP contribution in [0.25, 0.3) is 11.2 Å². The Hall–Kier alpha value is -2.79. The number of aliphatic hydroxyl groups is 1. The first-order valence-electron chi connectivity index (χ1n) is 10.5. The lowest BCUT2D eigenvalue weighted by molar-refractivity contribution is -0.197. The van der Waals surface area contributed by atoms with Gasteiger partial charge in [0.15, 0.2) is 11.5 Å². The highest BCUT2D eigenvalue weighted by atomic mass is 16.5. The highest BCUT2D eigenvalue weighted by Gasteiger charge is 2.50. The number of likely N-dealkylation sites (tertiary alicyclic amines) is 1. The minimum absolute atomic E-state index is 0.00359. The van der Waals surface area contributed by atoms with Gasteiger partial charge < -0.3 is 30.2 Å². The number of nitrogens with zero attached hydrogens (tertiary/aromatic N) is 5. The molecule has 11 nitrogen and oxygen atoms in total. The molecule has 0 saturated carbocycles. The van der Waals surface area contributed by atoms with Crippen molar-refractivity contribution in [1.82, 2.24) is 24.4 Å². The van der Waals surface area contributed by atoms with Crippen LogP contribution >= 0.6 is 0 Å². The first-order chi connectivity index (χ1) is 14.7. The Morgan fingerprint density at radius 2 is 2.00 bits per heavy atom. The Kier molecular flexibility index (Phi) is 5.56.